The second-order valence-corrected chi connectivity index (χ2v) is 4.19. The van der Waals surface area contributed by atoms with E-state index >= 15 is 0 Å². The number of hydrogen-bond acceptors (Lipinski definition) is 2. The molecule has 0 saturated heterocycles. The lowest BCUT2D eigenvalue weighted by Gasteiger charge is -2.18. The van der Waals surface area contributed by atoms with Crippen LogP contribution in [0.1, 0.15) is 19.4 Å². The first-order chi connectivity index (χ1) is 9.56. The van der Waals surface area contributed by atoms with Crippen LogP contribution in [0.5, 0.6) is 0 Å². The fourth-order valence-electron chi connectivity index (χ4n) is 1.66. The van der Waals surface area contributed by atoms with Crippen LogP contribution in [0.4, 0.5) is 4.39 Å². The van der Waals surface area contributed by atoms with Gasteiger partial charge >= 0.3 is 0 Å². The second-order valence-electron chi connectivity index (χ2n) is 4.19. The number of carbonyl (C=O) groups excluding carboxylic acids is 2. The van der Waals surface area contributed by atoms with Gasteiger partial charge in [0, 0.05) is 19.2 Å². The molecule has 1 aromatic carbocycles. The summed E-state index contributed by atoms with van der Waals surface area (Å²) in [7, 11) is 0. The smallest absolute Gasteiger partial charge is 0.247 e. The fraction of sp³-hybridized carbons (Fsp3) is 0.333. The van der Waals surface area contributed by atoms with E-state index in [0.717, 1.165) is 0 Å². The molecule has 1 aromatic rings. The lowest BCUT2D eigenvalue weighted by molar-refractivity contribution is -0.132. The van der Waals surface area contributed by atoms with E-state index in [-0.39, 0.29) is 24.2 Å². The summed E-state index contributed by atoms with van der Waals surface area (Å²) >= 11 is 0. The number of likely N-dealkylation sites (N-methyl/N-ethyl adjacent to an activating group) is 2. The number of rotatable bonds is 6. The summed E-state index contributed by atoms with van der Waals surface area (Å²) < 4.78 is 13.0. The average molecular weight is 278 g/mol. The number of nitrogens with zero attached hydrogens (tertiary/aromatic N) is 1. The second kappa shape index (κ2) is 8.09. The number of carbonyl (C=O) groups is 2. The Morgan fingerprint density at radius 2 is 2.10 bits per heavy atom. The van der Waals surface area contributed by atoms with Crippen molar-refractivity contribution < 1.29 is 14.0 Å². The Labute approximate surface area is 118 Å². The van der Waals surface area contributed by atoms with Crippen molar-refractivity contribution in [1.29, 1.82) is 0 Å². The van der Waals surface area contributed by atoms with Crippen LogP contribution in [0, 0.1) is 5.82 Å². The summed E-state index contributed by atoms with van der Waals surface area (Å²) in [6.07, 6.45) is 2.88. The van der Waals surface area contributed by atoms with Gasteiger partial charge in [0.25, 0.3) is 0 Å². The molecule has 0 saturated carbocycles. The highest BCUT2D eigenvalue weighted by molar-refractivity contribution is 5.94. The van der Waals surface area contributed by atoms with Gasteiger partial charge in [-0.05, 0) is 37.6 Å². The normalized spacial score (nSPS) is 10.6. The number of benzene rings is 1. The van der Waals surface area contributed by atoms with E-state index < -0.39 is 0 Å². The summed E-state index contributed by atoms with van der Waals surface area (Å²) in [5.74, 6) is -0.820. The van der Waals surface area contributed by atoms with Crippen molar-refractivity contribution in [2.45, 2.75) is 13.8 Å². The van der Waals surface area contributed by atoms with Gasteiger partial charge in [-0.2, -0.15) is 0 Å². The van der Waals surface area contributed by atoms with Crippen LogP contribution in [0.3, 0.4) is 0 Å². The summed E-state index contributed by atoms with van der Waals surface area (Å²) in [6.45, 7) is 4.61. The molecule has 1 rings (SSSR count). The predicted octanol–water partition coefficient (Wildman–Crippen LogP) is 1.82. The van der Waals surface area contributed by atoms with Crippen LogP contribution >= 0.6 is 0 Å². The molecule has 0 unspecified atom stereocenters. The zero-order chi connectivity index (χ0) is 15.0. The highest BCUT2D eigenvalue weighted by Crippen LogP contribution is 2.06. The summed E-state index contributed by atoms with van der Waals surface area (Å²) in [5, 5.41) is 2.64. The molecule has 0 aliphatic heterocycles. The third kappa shape index (κ3) is 5.22. The highest BCUT2D eigenvalue weighted by Gasteiger charge is 2.12. The number of amides is 2. The van der Waals surface area contributed by atoms with Gasteiger partial charge in [0.1, 0.15) is 5.82 Å². The van der Waals surface area contributed by atoms with Gasteiger partial charge in [-0.15, -0.1) is 0 Å². The van der Waals surface area contributed by atoms with Gasteiger partial charge in [-0.1, -0.05) is 12.1 Å². The van der Waals surface area contributed by atoms with Gasteiger partial charge in [0.15, 0.2) is 0 Å². The van der Waals surface area contributed by atoms with Crippen LogP contribution in [0.2, 0.25) is 0 Å². The van der Waals surface area contributed by atoms with Gasteiger partial charge in [0.05, 0.1) is 6.54 Å². The Kier molecular flexibility index (Phi) is 6.43. The van der Waals surface area contributed by atoms with Gasteiger partial charge < -0.3 is 10.2 Å². The van der Waals surface area contributed by atoms with E-state index in [1.54, 1.807) is 19.1 Å². The molecule has 0 fully saturated rings. The van der Waals surface area contributed by atoms with Crippen LogP contribution in [0.25, 0.3) is 6.08 Å². The Morgan fingerprint density at radius 3 is 2.70 bits per heavy atom. The van der Waals surface area contributed by atoms with Crippen LogP contribution in [-0.2, 0) is 9.59 Å². The first-order valence-electron chi connectivity index (χ1n) is 6.56. The number of hydrogen-bond donors (Lipinski definition) is 1. The Balaban J connectivity index is 2.65. The third-order valence-electron chi connectivity index (χ3n) is 2.67. The standard InChI is InChI=1S/C15H19FN2O2/c1-3-17-14(19)11-18(4-2)15(20)9-8-12-6-5-7-13(16)10-12/h5-10H,3-4,11H2,1-2H3,(H,17,19)/b9-8+. The molecule has 5 heteroatoms. The molecule has 1 N–H and O–H groups in total. The summed E-state index contributed by atoms with van der Waals surface area (Å²) in [5.41, 5.74) is 0.604. The van der Waals surface area contributed by atoms with Crippen molar-refractivity contribution >= 4 is 17.9 Å². The number of nitrogens with one attached hydrogen (secondary N) is 1. The Bertz CT molecular complexity index is 500. The van der Waals surface area contributed by atoms with Gasteiger partial charge in [-0.3, -0.25) is 9.59 Å². The van der Waals surface area contributed by atoms with Gasteiger partial charge in [-0.25, -0.2) is 4.39 Å². The molecule has 0 aromatic heterocycles. The minimum atomic E-state index is -0.353. The fourth-order valence-corrected chi connectivity index (χ4v) is 1.66. The molecule has 0 heterocycles. The molecule has 0 aliphatic carbocycles. The van der Waals surface area contributed by atoms with E-state index in [1.807, 2.05) is 6.92 Å². The maximum absolute atomic E-state index is 13.0. The van der Waals surface area contributed by atoms with E-state index in [0.29, 0.717) is 18.7 Å². The van der Waals surface area contributed by atoms with Crippen LogP contribution in [0.15, 0.2) is 30.3 Å². The lowest BCUT2D eigenvalue weighted by Crippen LogP contribution is -2.39. The molecular formula is C15H19FN2O2. The molecule has 0 radical (unpaired) electrons. The SMILES string of the molecule is CCNC(=O)CN(CC)C(=O)/C=C/c1cccc(F)c1. The van der Waals surface area contributed by atoms with Crippen molar-refractivity contribution in [3.8, 4) is 0 Å². The van der Waals surface area contributed by atoms with Crippen molar-refractivity contribution in [2.24, 2.45) is 0 Å². The minimum Gasteiger partial charge on any atom is -0.355 e. The maximum atomic E-state index is 13.0. The number of halogens is 1. The Hall–Kier alpha value is -2.17. The van der Waals surface area contributed by atoms with Crippen molar-refractivity contribution in [3.63, 3.8) is 0 Å². The topological polar surface area (TPSA) is 49.4 Å². The molecular weight excluding hydrogens is 259 g/mol. The molecule has 108 valence electrons. The predicted molar refractivity (Wildman–Crippen MR) is 76.4 cm³/mol. The summed E-state index contributed by atoms with van der Waals surface area (Å²) in [4.78, 5) is 24.8. The maximum Gasteiger partial charge on any atom is 0.247 e. The quantitative estimate of drug-likeness (QED) is 0.807. The van der Waals surface area contributed by atoms with E-state index in [9.17, 15) is 14.0 Å². The molecule has 0 aliphatic rings. The Morgan fingerprint density at radius 1 is 1.35 bits per heavy atom. The molecule has 0 spiro atoms. The minimum absolute atomic E-state index is 0.0245. The van der Waals surface area contributed by atoms with Crippen molar-refractivity contribution in [1.82, 2.24) is 10.2 Å². The van der Waals surface area contributed by atoms with E-state index in [4.69, 9.17) is 0 Å². The van der Waals surface area contributed by atoms with E-state index in [1.165, 1.54) is 29.2 Å². The first kappa shape index (κ1) is 15.9. The van der Waals surface area contributed by atoms with Crippen LogP contribution < -0.4 is 5.32 Å². The molecule has 4 nitrogen and oxygen atoms in total. The third-order valence-corrected chi connectivity index (χ3v) is 2.67. The van der Waals surface area contributed by atoms with Crippen LogP contribution in [-0.4, -0.2) is 36.3 Å². The molecule has 20 heavy (non-hydrogen) atoms. The average Bonchev–Trinajstić information content (AvgIpc) is 2.42. The summed E-state index contributed by atoms with van der Waals surface area (Å²) in [6, 6.07) is 5.95. The van der Waals surface area contributed by atoms with Crippen molar-refractivity contribution in [3.05, 3.63) is 41.7 Å². The zero-order valence-corrected chi connectivity index (χ0v) is 11.7. The van der Waals surface area contributed by atoms with Gasteiger partial charge in [0.2, 0.25) is 11.8 Å². The molecule has 0 atom stereocenters. The largest absolute Gasteiger partial charge is 0.355 e. The van der Waals surface area contributed by atoms with E-state index in [2.05, 4.69) is 5.32 Å². The highest BCUT2D eigenvalue weighted by atomic mass is 19.1. The first-order valence-corrected chi connectivity index (χ1v) is 6.56. The monoisotopic (exact) mass is 278 g/mol. The molecule has 0 bridgehead atoms. The zero-order valence-electron chi connectivity index (χ0n) is 11.7. The van der Waals surface area contributed by atoms with Crippen molar-refractivity contribution in [2.75, 3.05) is 19.6 Å². The molecule has 2 amide bonds. The lowest BCUT2D eigenvalue weighted by atomic mass is 10.2.